The van der Waals surface area contributed by atoms with Crippen LogP contribution in [0.3, 0.4) is 0 Å². The zero-order valence-corrected chi connectivity index (χ0v) is 15.0. The van der Waals surface area contributed by atoms with Crippen LogP contribution in [0.25, 0.3) is 0 Å². The molecule has 1 aliphatic rings. The summed E-state index contributed by atoms with van der Waals surface area (Å²) in [4.78, 5) is 6.04. The van der Waals surface area contributed by atoms with Crippen LogP contribution in [0.5, 0.6) is 0 Å². The van der Waals surface area contributed by atoms with E-state index in [1.807, 2.05) is 0 Å². The first-order chi connectivity index (χ1) is 11.7. The van der Waals surface area contributed by atoms with E-state index in [9.17, 15) is 13.2 Å². The summed E-state index contributed by atoms with van der Waals surface area (Å²) >= 11 is 12.9. The van der Waals surface area contributed by atoms with Crippen molar-refractivity contribution in [2.24, 2.45) is 11.1 Å². The van der Waals surface area contributed by atoms with Gasteiger partial charge in [0.1, 0.15) is 11.6 Å². The molecule has 2 aromatic rings. The Hall–Kier alpha value is -1.68. The maximum atomic E-state index is 13.8. The molecule has 0 aliphatic carbocycles. The number of terminal acetylenes is 1. The van der Waals surface area contributed by atoms with E-state index in [0.29, 0.717) is 9.75 Å². The third-order valence-electron chi connectivity index (χ3n) is 3.73. The van der Waals surface area contributed by atoms with Crippen LogP contribution in [0.4, 0.5) is 13.2 Å². The van der Waals surface area contributed by atoms with Crippen molar-refractivity contribution in [1.82, 2.24) is 0 Å². The van der Waals surface area contributed by atoms with Gasteiger partial charge in [0.25, 0.3) is 0 Å². The van der Waals surface area contributed by atoms with Gasteiger partial charge in [-0.2, -0.15) is 13.2 Å². The van der Waals surface area contributed by atoms with Gasteiger partial charge >= 0.3 is 6.18 Å². The summed E-state index contributed by atoms with van der Waals surface area (Å²) in [5.41, 5.74) is 0.743. The highest BCUT2D eigenvalue weighted by Crippen LogP contribution is 2.46. The fraction of sp³-hybridized carbons (Fsp3) is 0.235. The molecule has 0 spiro atoms. The Morgan fingerprint density at radius 2 is 1.84 bits per heavy atom. The molecule has 25 heavy (non-hydrogen) atoms. The Labute approximate surface area is 156 Å². The minimum Gasteiger partial charge on any atom is -0.386 e. The fourth-order valence-corrected chi connectivity index (χ4v) is 4.19. The molecular weight excluding hydrogens is 394 g/mol. The zero-order chi connectivity index (χ0) is 18.4. The van der Waals surface area contributed by atoms with E-state index in [0.717, 1.165) is 16.9 Å². The highest BCUT2D eigenvalue weighted by Gasteiger charge is 2.54. The first-order valence-electron chi connectivity index (χ1n) is 7.04. The summed E-state index contributed by atoms with van der Waals surface area (Å²) in [5.74, 6) is 0.518. The third kappa shape index (κ3) is 3.50. The van der Waals surface area contributed by atoms with Crippen LogP contribution < -0.4 is 0 Å². The van der Waals surface area contributed by atoms with Crippen molar-refractivity contribution in [1.29, 1.82) is 0 Å². The molecule has 2 unspecified atom stereocenters. The standard InChI is InChI=1S/C17H10Cl2F3NOS/c1-3-12-8(2)4-13(25-12)15-14(17(20,21)22)16(24-23-15)9-5-10(18)7-11(19)6-9/h1,4-7,14,16H,2H3. The van der Waals surface area contributed by atoms with Gasteiger partial charge in [-0.05, 0) is 42.3 Å². The molecule has 0 N–H and O–H groups in total. The van der Waals surface area contributed by atoms with Crippen LogP contribution >= 0.6 is 34.5 Å². The van der Waals surface area contributed by atoms with Gasteiger partial charge in [0, 0.05) is 10.0 Å². The van der Waals surface area contributed by atoms with Crippen LogP contribution in [0, 0.1) is 25.2 Å². The van der Waals surface area contributed by atoms with Crippen LogP contribution in [-0.2, 0) is 4.84 Å². The number of aryl methyl sites for hydroxylation is 1. The summed E-state index contributed by atoms with van der Waals surface area (Å²) in [5, 5.41) is 4.16. The molecule has 0 fully saturated rings. The Bertz CT molecular complexity index is 878. The van der Waals surface area contributed by atoms with Gasteiger partial charge in [0.15, 0.2) is 6.10 Å². The van der Waals surface area contributed by atoms with Crippen molar-refractivity contribution < 1.29 is 18.0 Å². The van der Waals surface area contributed by atoms with Crippen molar-refractivity contribution in [3.05, 3.63) is 55.2 Å². The second-order valence-corrected chi connectivity index (χ2v) is 7.42. The maximum absolute atomic E-state index is 13.8. The first-order valence-corrected chi connectivity index (χ1v) is 8.61. The van der Waals surface area contributed by atoms with Gasteiger partial charge in [-0.3, -0.25) is 0 Å². The van der Waals surface area contributed by atoms with E-state index in [1.165, 1.54) is 18.2 Å². The molecule has 1 aromatic carbocycles. The van der Waals surface area contributed by atoms with Gasteiger partial charge < -0.3 is 4.84 Å². The molecule has 0 saturated carbocycles. The number of halogens is 5. The van der Waals surface area contributed by atoms with Crippen molar-refractivity contribution >= 4 is 40.3 Å². The SMILES string of the molecule is C#Cc1sc(C2=NOC(c3cc(Cl)cc(Cl)c3)C2C(F)(F)F)cc1C. The van der Waals surface area contributed by atoms with Crippen molar-refractivity contribution in [2.45, 2.75) is 19.2 Å². The summed E-state index contributed by atoms with van der Waals surface area (Å²) < 4.78 is 41.3. The third-order valence-corrected chi connectivity index (χ3v) is 5.36. The number of thiophene rings is 1. The average molecular weight is 404 g/mol. The number of hydrogen-bond acceptors (Lipinski definition) is 3. The van der Waals surface area contributed by atoms with Gasteiger partial charge in [-0.1, -0.05) is 34.3 Å². The molecule has 2 atom stereocenters. The van der Waals surface area contributed by atoms with E-state index < -0.39 is 18.2 Å². The van der Waals surface area contributed by atoms with Crippen LogP contribution in [0.2, 0.25) is 10.0 Å². The maximum Gasteiger partial charge on any atom is 0.401 e. The van der Waals surface area contributed by atoms with E-state index >= 15 is 0 Å². The fourth-order valence-electron chi connectivity index (χ4n) is 2.64. The zero-order valence-electron chi connectivity index (χ0n) is 12.7. The molecule has 1 aliphatic heterocycles. The first kappa shape index (κ1) is 18.1. The minimum absolute atomic E-state index is 0.191. The van der Waals surface area contributed by atoms with E-state index in [4.69, 9.17) is 34.5 Å². The van der Waals surface area contributed by atoms with E-state index in [1.54, 1.807) is 13.0 Å². The predicted octanol–water partition coefficient (Wildman–Crippen LogP) is 6.00. The number of benzene rings is 1. The highest BCUT2D eigenvalue weighted by molar-refractivity contribution is 7.14. The molecule has 3 rings (SSSR count). The van der Waals surface area contributed by atoms with Crippen molar-refractivity contribution in [3.8, 4) is 12.3 Å². The Kier molecular flexibility index (Phi) is 4.76. The summed E-state index contributed by atoms with van der Waals surface area (Å²) in [6.07, 6.45) is -0.552. The number of oxime groups is 1. The molecule has 2 heterocycles. The molecule has 0 radical (unpaired) electrons. The van der Waals surface area contributed by atoms with Gasteiger partial charge in [-0.25, -0.2) is 0 Å². The average Bonchev–Trinajstić information content (AvgIpc) is 3.08. The van der Waals surface area contributed by atoms with E-state index in [-0.39, 0.29) is 21.3 Å². The number of nitrogens with zero attached hydrogens (tertiary/aromatic N) is 1. The normalized spacial score (nSPS) is 20.1. The number of hydrogen-bond donors (Lipinski definition) is 0. The lowest BCUT2D eigenvalue weighted by Crippen LogP contribution is -2.33. The smallest absolute Gasteiger partial charge is 0.386 e. The molecule has 0 bridgehead atoms. The molecule has 8 heteroatoms. The molecule has 1 aromatic heterocycles. The molecule has 0 amide bonds. The highest BCUT2D eigenvalue weighted by atomic mass is 35.5. The van der Waals surface area contributed by atoms with Crippen LogP contribution in [0.1, 0.15) is 27.0 Å². The Morgan fingerprint density at radius 3 is 2.36 bits per heavy atom. The monoisotopic (exact) mass is 403 g/mol. The molecule has 2 nitrogen and oxygen atoms in total. The van der Waals surface area contributed by atoms with Crippen LogP contribution in [0.15, 0.2) is 29.4 Å². The second kappa shape index (κ2) is 6.56. The van der Waals surface area contributed by atoms with Gasteiger partial charge in [0.2, 0.25) is 0 Å². The molecule has 0 saturated heterocycles. The number of alkyl halides is 3. The number of rotatable bonds is 2. The lowest BCUT2D eigenvalue weighted by atomic mass is 9.90. The summed E-state index contributed by atoms with van der Waals surface area (Å²) in [6, 6.07) is 5.81. The van der Waals surface area contributed by atoms with Crippen molar-refractivity contribution in [2.75, 3.05) is 0 Å². The largest absolute Gasteiger partial charge is 0.401 e. The quantitative estimate of drug-likeness (QED) is 0.563. The molecule has 130 valence electrons. The van der Waals surface area contributed by atoms with Crippen LogP contribution in [-0.4, -0.2) is 11.9 Å². The molecular formula is C17H10Cl2F3NOS. The topological polar surface area (TPSA) is 21.6 Å². The van der Waals surface area contributed by atoms with Crippen molar-refractivity contribution in [3.63, 3.8) is 0 Å². The second-order valence-electron chi connectivity index (χ2n) is 5.49. The lowest BCUT2D eigenvalue weighted by molar-refractivity contribution is -0.177. The van der Waals surface area contributed by atoms with E-state index in [2.05, 4.69) is 11.1 Å². The predicted molar refractivity (Wildman–Crippen MR) is 93.4 cm³/mol. The minimum atomic E-state index is -4.57. The Morgan fingerprint density at radius 1 is 1.20 bits per heavy atom. The Balaban J connectivity index is 2.05. The van der Waals surface area contributed by atoms with Gasteiger partial charge in [-0.15, -0.1) is 17.8 Å². The lowest BCUT2D eigenvalue weighted by Gasteiger charge is -2.21. The summed E-state index contributed by atoms with van der Waals surface area (Å²) in [7, 11) is 0. The van der Waals surface area contributed by atoms with Gasteiger partial charge in [0.05, 0.1) is 9.75 Å². The summed E-state index contributed by atoms with van der Waals surface area (Å²) in [6.45, 7) is 1.74.